The molecule has 2 aliphatic rings. The molecule has 6 heteroatoms. The number of hydrogen-bond donors (Lipinski definition) is 1. The third-order valence-electron chi connectivity index (χ3n) is 5.79. The van der Waals surface area contributed by atoms with Crippen molar-refractivity contribution in [3.8, 4) is 0 Å². The van der Waals surface area contributed by atoms with Crippen molar-refractivity contribution >= 4 is 17.8 Å². The van der Waals surface area contributed by atoms with E-state index in [9.17, 15) is 14.4 Å². The van der Waals surface area contributed by atoms with Crippen molar-refractivity contribution < 1.29 is 24.4 Å². The summed E-state index contributed by atoms with van der Waals surface area (Å²) >= 11 is 0. The maximum atomic E-state index is 12.9. The van der Waals surface area contributed by atoms with Gasteiger partial charge in [-0.15, -0.1) is 0 Å². The van der Waals surface area contributed by atoms with E-state index in [4.69, 9.17) is 4.74 Å². The molecular weight excluding hydrogens is 320 g/mol. The van der Waals surface area contributed by atoms with Gasteiger partial charge in [0.15, 0.2) is 0 Å². The van der Waals surface area contributed by atoms with Crippen LogP contribution in [0.3, 0.4) is 0 Å². The number of benzene rings is 1. The normalized spacial score (nSPS) is 31.4. The fraction of sp³-hybridized carbons (Fsp3) is 0.526. The highest BCUT2D eigenvalue weighted by Crippen LogP contribution is 2.45. The topological polar surface area (TPSA) is 80.3 Å². The summed E-state index contributed by atoms with van der Waals surface area (Å²) in [7, 11) is 1.33. The molecule has 0 aliphatic carbocycles. The van der Waals surface area contributed by atoms with Gasteiger partial charge in [-0.2, -0.15) is 0 Å². The van der Waals surface area contributed by atoms with Crippen LogP contribution in [0, 0.1) is 18.8 Å². The number of amides is 2. The third-order valence-corrected chi connectivity index (χ3v) is 5.79. The number of esters is 1. The Morgan fingerprint density at radius 2 is 1.84 bits per heavy atom. The zero-order chi connectivity index (χ0) is 18.4. The molecule has 1 aromatic rings. The molecule has 0 aromatic heterocycles. The Bertz CT molecular complexity index is 715. The van der Waals surface area contributed by atoms with Crippen LogP contribution >= 0.6 is 0 Å². The van der Waals surface area contributed by atoms with Crippen molar-refractivity contribution in [1.29, 1.82) is 0 Å². The summed E-state index contributed by atoms with van der Waals surface area (Å²) in [5, 5.41) is 1.89. The molecule has 0 spiro atoms. The highest BCUT2D eigenvalue weighted by Gasteiger charge is 2.71. The fourth-order valence-corrected chi connectivity index (χ4v) is 4.45. The number of aryl methyl sites for hydroxylation is 1. The Morgan fingerprint density at radius 3 is 2.36 bits per heavy atom. The number of carbonyl (C=O) groups excluding carboxylic acids is 3. The average molecular weight is 345 g/mol. The lowest BCUT2D eigenvalue weighted by molar-refractivity contribution is -0.734. The van der Waals surface area contributed by atoms with Crippen LogP contribution < -0.4 is 5.32 Å². The highest BCUT2D eigenvalue weighted by atomic mass is 16.5. The van der Waals surface area contributed by atoms with Crippen LogP contribution in [0.5, 0.6) is 0 Å². The van der Waals surface area contributed by atoms with Gasteiger partial charge >= 0.3 is 5.97 Å². The third kappa shape index (κ3) is 2.39. The number of rotatable bonds is 4. The average Bonchev–Trinajstić information content (AvgIpc) is 3.10. The van der Waals surface area contributed by atoms with Crippen LogP contribution in [0.25, 0.3) is 0 Å². The molecule has 3 rings (SSSR count). The number of fused-ring (bicyclic) bond motifs is 1. The first-order valence-electron chi connectivity index (χ1n) is 8.77. The molecule has 25 heavy (non-hydrogen) atoms. The maximum absolute atomic E-state index is 12.9. The van der Waals surface area contributed by atoms with Crippen LogP contribution in [0.1, 0.15) is 37.4 Å². The molecule has 1 aromatic carbocycles. The smallest absolute Gasteiger partial charge is 0.368 e. The predicted molar refractivity (Wildman–Crippen MR) is 90.3 cm³/mol. The molecule has 134 valence electrons. The standard InChI is InChI=1S/C19H24N2O4/c1-5-19(18(24)25-4)14-13(16(22)21(6-2)17(14)23)15(20-19)12-9-7-11(3)8-10-12/h7-10,13-15,20H,5-6H2,1-4H3/p+1/t13-,14+,15-,19-/m0/s1. The largest absolute Gasteiger partial charge is 0.464 e. The number of imide groups is 1. The van der Waals surface area contributed by atoms with Crippen molar-refractivity contribution in [2.24, 2.45) is 11.8 Å². The Kier molecular flexibility index (Phi) is 4.41. The Labute approximate surface area is 147 Å². The van der Waals surface area contributed by atoms with E-state index in [0.717, 1.165) is 11.1 Å². The molecule has 0 bridgehead atoms. The monoisotopic (exact) mass is 345 g/mol. The molecule has 2 aliphatic heterocycles. The minimum absolute atomic E-state index is 0.182. The first kappa shape index (κ1) is 17.6. The number of carbonyl (C=O) groups is 3. The zero-order valence-electron chi connectivity index (χ0n) is 15.1. The second kappa shape index (κ2) is 6.26. The number of nitrogens with two attached hydrogens (primary N) is 1. The van der Waals surface area contributed by atoms with Crippen molar-refractivity contribution in [2.75, 3.05) is 13.7 Å². The first-order valence-corrected chi connectivity index (χ1v) is 8.77. The molecule has 0 unspecified atom stereocenters. The van der Waals surface area contributed by atoms with Gasteiger partial charge < -0.3 is 10.1 Å². The summed E-state index contributed by atoms with van der Waals surface area (Å²) in [6, 6.07) is 7.66. The van der Waals surface area contributed by atoms with Gasteiger partial charge in [-0.3, -0.25) is 14.5 Å². The van der Waals surface area contributed by atoms with E-state index < -0.39 is 23.3 Å². The van der Waals surface area contributed by atoms with E-state index >= 15 is 0 Å². The number of likely N-dealkylation sites (tertiary alicyclic amines) is 1. The highest BCUT2D eigenvalue weighted by molar-refractivity contribution is 6.08. The van der Waals surface area contributed by atoms with E-state index in [-0.39, 0.29) is 17.9 Å². The Morgan fingerprint density at radius 1 is 1.20 bits per heavy atom. The Balaban J connectivity index is 2.13. The molecule has 2 amide bonds. The number of nitrogens with zero attached hydrogens (tertiary/aromatic N) is 1. The van der Waals surface area contributed by atoms with Gasteiger partial charge in [-0.05, 0) is 13.8 Å². The van der Waals surface area contributed by atoms with Gasteiger partial charge in [0.2, 0.25) is 17.4 Å². The summed E-state index contributed by atoms with van der Waals surface area (Å²) in [4.78, 5) is 39.8. The second-order valence-corrected chi connectivity index (χ2v) is 6.91. The first-order chi connectivity index (χ1) is 11.9. The van der Waals surface area contributed by atoms with Crippen LogP contribution in [-0.2, 0) is 19.1 Å². The minimum atomic E-state index is -1.05. The summed E-state index contributed by atoms with van der Waals surface area (Å²) in [5.74, 6) is -2.08. The van der Waals surface area contributed by atoms with Crippen molar-refractivity contribution in [3.05, 3.63) is 35.4 Å². The molecule has 2 heterocycles. The molecular formula is C19H25N2O4+. The van der Waals surface area contributed by atoms with E-state index in [2.05, 4.69) is 0 Å². The number of methoxy groups -OCH3 is 1. The molecule has 0 saturated carbocycles. The lowest BCUT2D eigenvalue weighted by atomic mass is 9.78. The minimum Gasteiger partial charge on any atom is -0.464 e. The lowest BCUT2D eigenvalue weighted by Gasteiger charge is -2.28. The van der Waals surface area contributed by atoms with Crippen molar-refractivity contribution in [1.82, 2.24) is 4.90 Å². The summed E-state index contributed by atoms with van der Waals surface area (Å²) < 4.78 is 5.04. The van der Waals surface area contributed by atoms with E-state index in [1.165, 1.54) is 12.0 Å². The second-order valence-electron chi connectivity index (χ2n) is 6.91. The quantitative estimate of drug-likeness (QED) is 0.639. The number of ether oxygens (including phenoxy) is 1. The van der Waals surface area contributed by atoms with E-state index in [1.54, 1.807) is 6.92 Å². The number of hydrogen-bond acceptors (Lipinski definition) is 4. The van der Waals surface area contributed by atoms with Crippen LogP contribution in [-0.4, -0.2) is 41.9 Å². The van der Waals surface area contributed by atoms with Crippen molar-refractivity contribution in [2.45, 2.75) is 38.8 Å². The van der Waals surface area contributed by atoms with Crippen molar-refractivity contribution in [3.63, 3.8) is 0 Å². The molecule has 2 saturated heterocycles. The molecule has 6 nitrogen and oxygen atoms in total. The maximum Gasteiger partial charge on any atom is 0.368 e. The fourth-order valence-electron chi connectivity index (χ4n) is 4.45. The van der Waals surface area contributed by atoms with E-state index in [0.29, 0.717) is 13.0 Å². The van der Waals surface area contributed by atoms with Gasteiger partial charge in [0.05, 0.1) is 7.11 Å². The van der Waals surface area contributed by atoms with Crippen LogP contribution in [0.4, 0.5) is 0 Å². The van der Waals surface area contributed by atoms with Gasteiger partial charge in [0.1, 0.15) is 17.9 Å². The molecule has 2 N–H and O–H groups in total. The Hall–Kier alpha value is -2.21. The molecule has 4 atom stereocenters. The lowest BCUT2D eigenvalue weighted by Crippen LogP contribution is -2.98. The molecule has 2 fully saturated rings. The zero-order valence-corrected chi connectivity index (χ0v) is 15.1. The van der Waals surface area contributed by atoms with Gasteiger partial charge in [0, 0.05) is 18.5 Å². The van der Waals surface area contributed by atoms with Crippen LogP contribution in [0.2, 0.25) is 0 Å². The van der Waals surface area contributed by atoms with Gasteiger partial charge in [0.25, 0.3) is 0 Å². The molecule has 0 radical (unpaired) electrons. The SMILES string of the molecule is CCN1C(=O)[C@@H]2[C@H](c3ccc(C)cc3)[NH2+][C@](CC)(C(=O)OC)[C@H]2C1=O. The van der Waals surface area contributed by atoms with Crippen LogP contribution in [0.15, 0.2) is 24.3 Å². The summed E-state index contributed by atoms with van der Waals surface area (Å²) in [6.07, 6.45) is 0.430. The number of quaternary nitrogens is 1. The van der Waals surface area contributed by atoms with Gasteiger partial charge in [-0.1, -0.05) is 36.8 Å². The summed E-state index contributed by atoms with van der Waals surface area (Å²) in [5.41, 5.74) is 1.03. The van der Waals surface area contributed by atoms with E-state index in [1.807, 2.05) is 43.4 Å². The predicted octanol–water partition coefficient (Wildman–Crippen LogP) is 0.556. The van der Waals surface area contributed by atoms with Gasteiger partial charge in [-0.25, -0.2) is 4.79 Å². The summed E-state index contributed by atoms with van der Waals surface area (Å²) in [6.45, 7) is 5.98.